The quantitative estimate of drug-likeness (QED) is 0.0766. The molecule has 1 aliphatic rings. The van der Waals surface area contributed by atoms with E-state index in [1.165, 1.54) is 47.0 Å². The standard InChI is InChI=1S/C37H35N3O8S2/c1-3-48-29-21-27(18-19-30(29)49-2)36(44,45)37(46,47)39-32(41)22-31-34(43)40(28-11-7-10-26(20-28)33(38)42)35(50-31)25-16-14-24(15-17-25)13-12-23-8-5-4-6-9-23/h4-11,14-21,31,35,44-47H,3,22H2,1-2H3,(H2,38,42)(H,39,41)/t31-,35+/m1/s1. The third kappa shape index (κ3) is 7.97. The summed E-state index contributed by atoms with van der Waals surface area (Å²) in [5.41, 5.74) is 7.98. The summed E-state index contributed by atoms with van der Waals surface area (Å²) in [4.78, 5) is 41.2. The molecular weight excluding hydrogens is 679 g/mol. The van der Waals surface area contributed by atoms with E-state index in [0.29, 0.717) is 16.1 Å². The second kappa shape index (κ2) is 15.4. The molecule has 11 nitrogen and oxygen atoms in total. The molecule has 1 aliphatic heterocycles. The minimum absolute atomic E-state index is 0.178. The van der Waals surface area contributed by atoms with Gasteiger partial charge in [0, 0.05) is 39.3 Å². The van der Waals surface area contributed by atoms with Crippen LogP contribution in [0.25, 0.3) is 0 Å². The molecule has 0 radical (unpaired) electrons. The van der Waals surface area contributed by atoms with Crippen LogP contribution >= 0.6 is 23.5 Å². The van der Waals surface area contributed by atoms with E-state index >= 15 is 0 Å². The van der Waals surface area contributed by atoms with Gasteiger partial charge >= 0.3 is 5.91 Å². The lowest BCUT2D eigenvalue weighted by molar-refractivity contribution is -0.375. The van der Waals surface area contributed by atoms with Gasteiger partial charge in [-0.05, 0) is 73.3 Å². The molecule has 0 bridgehead atoms. The van der Waals surface area contributed by atoms with Crippen LogP contribution in [0.15, 0.2) is 102 Å². The molecule has 7 N–H and O–H groups in total. The summed E-state index contributed by atoms with van der Waals surface area (Å²) in [6.07, 6.45) is 1.24. The first-order valence-electron chi connectivity index (χ1n) is 15.4. The molecule has 3 amide bonds. The highest BCUT2D eigenvalue weighted by molar-refractivity contribution is 8.01. The van der Waals surface area contributed by atoms with Crippen molar-refractivity contribution < 1.29 is 39.5 Å². The third-order valence-corrected chi connectivity index (χ3v) is 10.0. The molecule has 1 heterocycles. The summed E-state index contributed by atoms with van der Waals surface area (Å²) in [6, 6.07) is 27.0. The highest BCUT2D eigenvalue weighted by Gasteiger charge is 2.51. The lowest BCUT2D eigenvalue weighted by Gasteiger charge is -2.35. The number of nitrogens with two attached hydrogens (primary N) is 1. The minimum Gasteiger partial charge on any atom is -0.493 e. The number of anilines is 1. The SMILES string of the molecule is CCOc1cc(C(O)(O)C(O)(O)NC(=O)C[C@H]2S[C@@H](c3ccc(C#Cc4ccccc4)cc3)N(c3cccc(C(N)=O)c3)C2=O)ccc1SC. The van der Waals surface area contributed by atoms with Gasteiger partial charge < -0.3 is 36.2 Å². The second-order valence-corrected chi connectivity index (χ2v) is 13.4. The molecule has 4 aromatic rings. The smallest absolute Gasteiger partial charge is 0.308 e. The Balaban J connectivity index is 1.38. The second-order valence-electron chi connectivity index (χ2n) is 11.2. The van der Waals surface area contributed by atoms with Crippen molar-refractivity contribution in [3.63, 3.8) is 0 Å². The summed E-state index contributed by atoms with van der Waals surface area (Å²) >= 11 is 2.47. The van der Waals surface area contributed by atoms with E-state index in [1.54, 1.807) is 25.3 Å². The summed E-state index contributed by atoms with van der Waals surface area (Å²) in [7, 11) is 0. The number of nitrogens with zero attached hydrogens (tertiary/aromatic N) is 1. The van der Waals surface area contributed by atoms with Crippen LogP contribution in [0.4, 0.5) is 5.69 Å². The summed E-state index contributed by atoms with van der Waals surface area (Å²) < 4.78 is 5.54. The lowest BCUT2D eigenvalue weighted by Crippen LogP contribution is -2.63. The zero-order valence-corrected chi connectivity index (χ0v) is 28.7. The molecule has 0 spiro atoms. The van der Waals surface area contributed by atoms with Crippen molar-refractivity contribution in [2.45, 2.75) is 40.6 Å². The normalized spacial score (nSPS) is 16.0. The van der Waals surface area contributed by atoms with E-state index in [2.05, 4.69) is 11.8 Å². The van der Waals surface area contributed by atoms with Crippen LogP contribution in [0.3, 0.4) is 0 Å². The monoisotopic (exact) mass is 713 g/mol. The number of aliphatic hydroxyl groups is 4. The van der Waals surface area contributed by atoms with Crippen LogP contribution in [0.5, 0.6) is 5.75 Å². The van der Waals surface area contributed by atoms with Gasteiger partial charge in [-0.3, -0.25) is 19.3 Å². The maximum Gasteiger partial charge on any atom is 0.308 e. The average molecular weight is 714 g/mol. The fourth-order valence-corrected chi connectivity index (χ4v) is 7.21. The molecular formula is C37H35N3O8S2. The summed E-state index contributed by atoms with van der Waals surface area (Å²) in [5.74, 6) is -2.67. The molecule has 50 heavy (non-hydrogen) atoms. The van der Waals surface area contributed by atoms with E-state index in [4.69, 9.17) is 10.5 Å². The van der Waals surface area contributed by atoms with Crippen LogP contribution in [0.2, 0.25) is 0 Å². The molecule has 1 fully saturated rings. The Hall–Kier alpha value is -4.81. The number of hydrogen-bond acceptors (Lipinski definition) is 10. The van der Waals surface area contributed by atoms with E-state index in [0.717, 1.165) is 22.9 Å². The number of primary amides is 1. The Kier molecular flexibility index (Phi) is 11.2. The summed E-state index contributed by atoms with van der Waals surface area (Å²) in [6.45, 7) is 2.01. The van der Waals surface area contributed by atoms with E-state index < -0.39 is 46.5 Å². The molecule has 0 aromatic heterocycles. The number of hydrogen-bond donors (Lipinski definition) is 6. The molecule has 2 atom stereocenters. The highest BCUT2D eigenvalue weighted by atomic mass is 32.2. The van der Waals surface area contributed by atoms with E-state index in [1.807, 2.05) is 59.9 Å². The Morgan fingerprint density at radius 3 is 2.26 bits per heavy atom. The van der Waals surface area contributed by atoms with Crippen molar-refractivity contribution in [2.24, 2.45) is 5.73 Å². The number of carbonyl (C=O) groups excluding carboxylic acids is 3. The third-order valence-electron chi connectivity index (χ3n) is 7.81. The molecule has 258 valence electrons. The van der Waals surface area contributed by atoms with Crippen molar-refractivity contribution in [1.82, 2.24) is 5.32 Å². The van der Waals surface area contributed by atoms with Gasteiger partial charge in [0.25, 0.3) is 5.79 Å². The van der Waals surface area contributed by atoms with Crippen LogP contribution in [0, 0.1) is 11.8 Å². The van der Waals surface area contributed by atoms with E-state index in [-0.39, 0.29) is 23.5 Å². The molecule has 1 saturated heterocycles. The number of carbonyl (C=O) groups is 3. The molecule has 4 aromatic carbocycles. The lowest BCUT2D eigenvalue weighted by atomic mass is 10.0. The van der Waals surface area contributed by atoms with Crippen LogP contribution in [-0.4, -0.2) is 62.2 Å². The maximum atomic E-state index is 13.9. The fourth-order valence-electron chi connectivity index (χ4n) is 5.24. The zero-order chi connectivity index (χ0) is 36.1. The maximum absolute atomic E-state index is 13.9. The number of ether oxygens (including phenoxy) is 1. The first-order chi connectivity index (χ1) is 23.8. The molecule has 0 saturated carbocycles. The van der Waals surface area contributed by atoms with Crippen molar-refractivity contribution in [3.05, 3.63) is 125 Å². The molecule has 13 heteroatoms. The number of thioether (sulfide) groups is 2. The largest absolute Gasteiger partial charge is 0.493 e. The van der Waals surface area contributed by atoms with Crippen molar-refractivity contribution in [3.8, 4) is 17.6 Å². The van der Waals surface area contributed by atoms with Crippen LogP contribution in [0.1, 0.15) is 51.3 Å². The predicted molar refractivity (Wildman–Crippen MR) is 191 cm³/mol. The van der Waals surface area contributed by atoms with E-state index in [9.17, 15) is 34.8 Å². The van der Waals surface area contributed by atoms with Crippen LogP contribution < -0.4 is 20.7 Å². The van der Waals surface area contributed by atoms with Gasteiger partial charge in [0.15, 0.2) is 0 Å². The fraction of sp³-hybridized carbons (Fsp3) is 0.216. The topological polar surface area (TPSA) is 183 Å². The van der Waals surface area contributed by atoms with Gasteiger partial charge in [0.1, 0.15) is 11.1 Å². The first kappa shape index (κ1) is 36.5. The predicted octanol–water partition coefficient (Wildman–Crippen LogP) is 3.44. The molecule has 0 aliphatic carbocycles. The Labute approximate surface area is 297 Å². The van der Waals surface area contributed by atoms with Gasteiger partial charge in [-0.2, -0.15) is 0 Å². The summed E-state index contributed by atoms with van der Waals surface area (Å²) in [5, 5.41) is 43.4. The van der Waals surface area contributed by atoms with Crippen molar-refractivity contribution in [2.75, 3.05) is 17.8 Å². The van der Waals surface area contributed by atoms with Gasteiger partial charge in [-0.15, -0.1) is 23.5 Å². The van der Waals surface area contributed by atoms with Gasteiger partial charge in [0.2, 0.25) is 17.7 Å². The van der Waals surface area contributed by atoms with Crippen molar-refractivity contribution >= 4 is 46.9 Å². The van der Waals surface area contributed by atoms with Gasteiger partial charge in [0.05, 0.1) is 11.9 Å². The average Bonchev–Trinajstić information content (AvgIpc) is 3.42. The van der Waals surface area contributed by atoms with Gasteiger partial charge in [-0.25, -0.2) is 0 Å². The number of benzene rings is 4. The Morgan fingerprint density at radius 2 is 1.62 bits per heavy atom. The number of rotatable bonds is 11. The Morgan fingerprint density at radius 1 is 0.940 bits per heavy atom. The van der Waals surface area contributed by atoms with Crippen molar-refractivity contribution in [1.29, 1.82) is 0 Å². The number of amides is 3. The van der Waals surface area contributed by atoms with Crippen LogP contribution in [-0.2, 0) is 15.4 Å². The Bertz CT molecular complexity index is 1940. The first-order valence-corrected chi connectivity index (χ1v) is 17.6. The zero-order valence-electron chi connectivity index (χ0n) is 27.1. The highest BCUT2D eigenvalue weighted by Crippen LogP contribution is 2.47. The number of nitrogens with one attached hydrogen (secondary N) is 1. The minimum atomic E-state index is -3.56. The molecule has 0 unspecified atom stereocenters. The molecule has 5 rings (SSSR count). The van der Waals surface area contributed by atoms with Gasteiger partial charge in [-0.1, -0.05) is 54.3 Å².